The van der Waals surface area contributed by atoms with E-state index in [1.165, 1.54) is 43.5 Å². The van der Waals surface area contributed by atoms with Gasteiger partial charge in [-0.05, 0) is 53.7 Å². The van der Waals surface area contributed by atoms with Gasteiger partial charge in [0.15, 0.2) is 11.5 Å². The first kappa shape index (κ1) is 20.3. The van der Waals surface area contributed by atoms with E-state index in [0.29, 0.717) is 5.56 Å². The van der Waals surface area contributed by atoms with Crippen LogP contribution in [0.5, 0.6) is 17.2 Å². The van der Waals surface area contributed by atoms with Gasteiger partial charge in [0.1, 0.15) is 5.75 Å². The number of amides is 2. The van der Waals surface area contributed by atoms with Crippen LogP contribution in [0.1, 0.15) is 11.1 Å². The first-order valence-electron chi connectivity index (χ1n) is 7.65. The minimum atomic E-state index is -4.60. The molecule has 1 heterocycles. The van der Waals surface area contributed by atoms with Crippen molar-refractivity contribution in [3.63, 3.8) is 0 Å². The molecular weight excluding hydrogens is 463 g/mol. The Morgan fingerprint density at radius 2 is 1.79 bits per heavy atom. The molecule has 3 rings (SSSR count). The largest absolute Gasteiger partial charge is 0.493 e. The van der Waals surface area contributed by atoms with Crippen LogP contribution in [0.25, 0.3) is 6.08 Å². The Morgan fingerprint density at radius 1 is 1.07 bits per heavy atom. The lowest BCUT2D eigenvalue weighted by molar-refractivity contribution is -0.138. The molecule has 1 aliphatic heterocycles. The molecule has 0 atom stereocenters. The fourth-order valence-corrected chi connectivity index (χ4v) is 3.41. The number of imide groups is 1. The molecule has 1 saturated heterocycles. The Hall–Kier alpha value is -2.46. The van der Waals surface area contributed by atoms with E-state index >= 15 is 0 Å². The molecule has 0 spiro atoms. The lowest BCUT2D eigenvalue weighted by atomic mass is 10.1. The average Bonchev–Trinajstić information content (AvgIpc) is 2.93. The molecule has 0 bridgehead atoms. The number of hydrogen-bond donors (Lipinski definition) is 1. The molecule has 0 aromatic heterocycles. The third kappa shape index (κ3) is 4.50. The summed E-state index contributed by atoms with van der Waals surface area (Å²) in [6, 6.07) is 8.01. The van der Waals surface area contributed by atoms with Crippen molar-refractivity contribution >= 4 is 44.9 Å². The summed E-state index contributed by atoms with van der Waals surface area (Å²) < 4.78 is 50.7. The van der Waals surface area contributed by atoms with Crippen LogP contribution in [0.15, 0.2) is 45.8 Å². The molecular formula is C18H11BrF3NO4S. The quantitative estimate of drug-likeness (QED) is 0.586. The smallest absolute Gasteiger partial charge is 0.420 e. The second kappa shape index (κ2) is 7.88. The van der Waals surface area contributed by atoms with E-state index in [9.17, 15) is 22.8 Å². The van der Waals surface area contributed by atoms with Crippen molar-refractivity contribution in [1.29, 1.82) is 0 Å². The summed E-state index contributed by atoms with van der Waals surface area (Å²) in [6.07, 6.45) is -3.13. The second-order valence-electron chi connectivity index (χ2n) is 5.50. The first-order valence-corrected chi connectivity index (χ1v) is 9.26. The standard InChI is InChI=1S/C18H11BrF3NO4S/c1-26-14-6-9(7-15-16(24)23-17(25)28-15)2-4-13(14)27-12-5-3-10(19)8-11(12)18(20,21)22/h2-8H,1H3,(H,23,24,25). The second-order valence-corrected chi connectivity index (χ2v) is 7.43. The number of nitrogens with one attached hydrogen (secondary N) is 1. The third-order valence-electron chi connectivity index (χ3n) is 3.59. The molecule has 1 N–H and O–H groups in total. The van der Waals surface area contributed by atoms with Gasteiger partial charge in [-0.25, -0.2) is 0 Å². The highest BCUT2D eigenvalue weighted by Gasteiger charge is 2.35. The number of hydrogen-bond acceptors (Lipinski definition) is 5. The van der Waals surface area contributed by atoms with E-state index < -0.39 is 22.9 Å². The Morgan fingerprint density at radius 3 is 2.39 bits per heavy atom. The lowest BCUT2D eigenvalue weighted by Crippen LogP contribution is -2.17. The molecule has 2 aromatic rings. The molecule has 10 heteroatoms. The highest BCUT2D eigenvalue weighted by atomic mass is 79.9. The number of halogens is 4. The van der Waals surface area contributed by atoms with E-state index in [-0.39, 0.29) is 26.6 Å². The Kier molecular flexibility index (Phi) is 5.71. The van der Waals surface area contributed by atoms with Gasteiger partial charge < -0.3 is 9.47 Å². The summed E-state index contributed by atoms with van der Waals surface area (Å²) in [6.45, 7) is 0. The van der Waals surface area contributed by atoms with Crippen LogP contribution >= 0.6 is 27.7 Å². The number of alkyl halides is 3. The summed E-state index contributed by atoms with van der Waals surface area (Å²) in [5.41, 5.74) is -0.420. The van der Waals surface area contributed by atoms with Crippen molar-refractivity contribution in [2.75, 3.05) is 7.11 Å². The molecule has 0 unspecified atom stereocenters. The van der Waals surface area contributed by atoms with Gasteiger partial charge in [-0.15, -0.1) is 0 Å². The van der Waals surface area contributed by atoms with Crippen LogP contribution in [-0.4, -0.2) is 18.3 Å². The number of rotatable bonds is 4. The van der Waals surface area contributed by atoms with E-state index in [1.807, 2.05) is 0 Å². The van der Waals surface area contributed by atoms with E-state index in [2.05, 4.69) is 21.2 Å². The number of carbonyl (C=O) groups is 2. The minimum absolute atomic E-state index is 0.0667. The summed E-state index contributed by atoms with van der Waals surface area (Å²) in [7, 11) is 1.34. The first-order chi connectivity index (χ1) is 13.2. The zero-order valence-corrected chi connectivity index (χ0v) is 16.5. The van der Waals surface area contributed by atoms with Gasteiger partial charge >= 0.3 is 6.18 Å². The van der Waals surface area contributed by atoms with Gasteiger partial charge in [0.25, 0.3) is 11.1 Å². The number of methoxy groups -OCH3 is 1. The maximum Gasteiger partial charge on any atom is 0.420 e. The summed E-state index contributed by atoms with van der Waals surface area (Å²) in [5, 5.41) is 1.66. The summed E-state index contributed by atoms with van der Waals surface area (Å²) in [4.78, 5) is 23.0. The van der Waals surface area contributed by atoms with Gasteiger partial charge in [0.2, 0.25) is 0 Å². The fraction of sp³-hybridized carbons (Fsp3) is 0.111. The predicted octanol–water partition coefficient (Wildman–Crippen LogP) is 5.59. The zero-order valence-electron chi connectivity index (χ0n) is 14.1. The van der Waals surface area contributed by atoms with Gasteiger partial charge in [0, 0.05) is 4.47 Å². The van der Waals surface area contributed by atoms with Gasteiger partial charge in [0.05, 0.1) is 17.6 Å². The summed E-state index contributed by atoms with van der Waals surface area (Å²) >= 11 is 3.77. The molecule has 5 nitrogen and oxygen atoms in total. The zero-order chi connectivity index (χ0) is 20.5. The minimum Gasteiger partial charge on any atom is -0.493 e. The number of thioether (sulfide) groups is 1. The van der Waals surface area contributed by atoms with E-state index in [1.54, 1.807) is 0 Å². The van der Waals surface area contributed by atoms with Crippen LogP contribution in [0, 0.1) is 0 Å². The predicted molar refractivity (Wildman–Crippen MR) is 101 cm³/mol. The molecule has 28 heavy (non-hydrogen) atoms. The third-order valence-corrected chi connectivity index (χ3v) is 4.90. The molecule has 0 aliphatic carbocycles. The highest BCUT2D eigenvalue weighted by Crippen LogP contribution is 2.42. The highest BCUT2D eigenvalue weighted by molar-refractivity contribution is 9.10. The number of carbonyl (C=O) groups excluding carboxylic acids is 2. The Balaban J connectivity index is 1.94. The van der Waals surface area contributed by atoms with E-state index in [0.717, 1.165) is 17.8 Å². The maximum absolute atomic E-state index is 13.3. The lowest BCUT2D eigenvalue weighted by Gasteiger charge is -2.16. The van der Waals surface area contributed by atoms with Crippen LogP contribution in [0.3, 0.4) is 0 Å². The molecule has 2 amide bonds. The molecule has 0 radical (unpaired) electrons. The van der Waals surface area contributed by atoms with Gasteiger partial charge in [-0.2, -0.15) is 13.2 Å². The van der Waals surface area contributed by atoms with Crippen LogP contribution in [0.2, 0.25) is 0 Å². The SMILES string of the molecule is COc1cc(C=C2SC(=O)NC2=O)ccc1Oc1ccc(Br)cc1C(F)(F)F. The monoisotopic (exact) mass is 473 g/mol. The van der Waals surface area contributed by atoms with Gasteiger partial charge in [-0.1, -0.05) is 22.0 Å². The van der Waals surface area contributed by atoms with Crippen molar-refractivity contribution in [3.05, 3.63) is 56.9 Å². The molecule has 1 fully saturated rings. The number of benzene rings is 2. The molecule has 2 aromatic carbocycles. The van der Waals surface area contributed by atoms with Crippen molar-refractivity contribution in [1.82, 2.24) is 5.32 Å². The molecule has 0 saturated carbocycles. The van der Waals surface area contributed by atoms with E-state index in [4.69, 9.17) is 9.47 Å². The van der Waals surface area contributed by atoms with Crippen LogP contribution in [0.4, 0.5) is 18.0 Å². The molecule has 146 valence electrons. The average molecular weight is 474 g/mol. The molecule has 1 aliphatic rings. The fourth-order valence-electron chi connectivity index (χ4n) is 2.36. The van der Waals surface area contributed by atoms with Crippen molar-refractivity contribution in [2.45, 2.75) is 6.18 Å². The normalized spacial score (nSPS) is 15.7. The number of ether oxygens (including phenoxy) is 2. The van der Waals surface area contributed by atoms with Crippen molar-refractivity contribution in [2.24, 2.45) is 0 Å². The van der Waals surface area contributed by atoms with Gasteiger partial charge in [-0.3, -0.25) is 14.9 Å². The summed E-state index contributed by atoms with van der Waals surface area (Å²) in [5.74, 6) is -0.660. The van der Waals surface area contributed by atoms with Crippen LogP contribution < -0.4 is 14.8 Å². The Bertz CT molecular complexity index is 991. The van der Waals surface area contributed by atoms with Crippen molar-refractivity contribution < 1.29 is 32.2 Å². The Labute approximate surface area is 170 Å². The topological polar surface area (TPSA) is 64.6 Å². The maximum atomic E-state index is 13.3. The van der Waals surface area contributed by atoms with Crippen LogP contribution in [-0.2, 0) is 11.0 Å². The van der Waals surface area contributed by atoms with Crippen molar-refractivity contribution in [3.8, 4) is 17.2 Å².